The molecule has 18 heavy (non-hydrogen) atoms. The predicted molar refractivity (Wildman–Crippen MR) is 73.2 cm³/mol. The highest BCUT2D eigenvalue weighted by molar-refractivity contribution is 6.31. The lowest BCUT2D eigenvalue weighted by atomic mass is 10.1. The van der Waals surface area contributed by atoms with E-state index in [1.54, 1.807) is 14.2 Å². The monoisotopic (exact) mass is 269 g/mol. The standard InChI is InChI=1S/C14H20ClNO2/c1-17-9-13(10-6-7-10)16-8-11-12(15)4-3-5-14(11)18-2/h3-5,10,13,16H,6-9H2,1-2H3. The van der Waals surface area contributed by atoms with Crippen LogP contribution < -0.4 is 10.1 Å². The first-order chi connectivity index (χ1) is 8.76. The van der Waals surface area contributed by atoms with E-state index in [0.29, 0.717) is 12.6 Å². The van der Waals surface area contributed by atoms with Crippen LogP contribution >= 0.6 is 11.6 Å². The highest BCUT2D eigenvalue weighted by Gasteiger charge is 2.30. The van der Waals surface area contributed by atoms with Crippen molar-refractivity contribution in [3.63, 3.8) is 0 Å². The van der Waals surface area contributed by atoms with E-state index in [-0.39, 0.29) is 0 Å². The van der Waals surface area contributed by atoms with E-state index in [1.165, 1.54) is 12.8 Å². The van der Waals surface area contributed by atoms with Gasteiger partial charge in [-0.15, -0.1) is 0 Å². The molecular formula is C14H20ClNO2. The molecule has 1 aliphatic rings. The summed E-state index contributed by atoms with van der Waals surface area (Å²) in [5.41, 5.74) is 1.02. The number of methoxy groups -OCH3 is 2. The van der Waals surface area contributed by atoms with Gasteiger partial charge in [-0.25, -0.2) is 0 Å². The molecule has 1 atom stereocenters. The summed E-state index contributed by atoms with van der Waals surface area (Å²) in [6, 6.07) is 6.14. The molecule has 1 aromatic rings. The van der Waals surface area contributed by atoms with Crippen LogP contribution in [-0.4, -0.2) is 26.9 Å². The molecule has 2 rings (SSSR count). The minimum Gasteiger partial charge on any atom is -0.496 e. The van der Waals surface area contributed by atoms with Crippen molar-refractivity contribution in [1.29, 1.82) is 0 Å². The van der Waals surface area contributed by atoms with Crippen LogP contribution in [-0.2, 0) is 11.3 Å². The highest BCUT2D eigenvalue weighted by atomic mass is 35.5. The van der Waals surface area contributed by atoms with Crippen LogP contribution in [0, 0.1) is 5.92 Å². The van der Waals surface area contributed by atoms with E-state index in [4.69, 9.17) is 21.1 Å². The van der Waals surface area contributed by atoms with Gasteiger partial charge in [-0.1, -0.05) is 17.7 Å². The lowest BCUT2D eigenvalue weighted by Gasteiger charge is -2.19. The van der Waals surface area contributed by atoms with E-state index in [9.17, 15) is 0 Å². The molecule has 0 bridgehead atoms. The second kappa shape index (κ2) is 6.41. The molecule has 1 aliphatic carbocycles. The molecule has 0 heterocycles. The van der Waals surface area contributed by atoms with Crippen molar-refractivity contribution in [1.82, 2.24) is 5.32 Å². The second-order valence-corrected chi connectivity index (χ2v) is 5.11. The maximum atomic E-state index is 6.21. The molecule has 0 radical (unpaired) electrons. The Kier molecular flexibility index (Phi) is 4.87. The Morgan fingerprint density at radius 2 is 2.17 bits per heavy atom. The number of ether oxygens (including phenoxy) is 2. The SMILES string of the molecule is COCC(NCc1c(Cl)cccc1OC)C1CC1. The number of rotatable bonds is 7. The van der Waals surface area contributed by atoms with Gasteiger partial charge in [0, 0.05) is 30.3 Å². The van der Waals surface area contributed by atoms with Gasteiger partial charge in [0.2, 0.25) is 0 Å². The summed E-state index contributed by atoms with van der Waals surface area (Å²) >= 11 is 6.21. The Morgan fingerprint density at radius 3 is 2.78 bits per heavy atom. The van der Waals surface area contributed by atoms with E-state index in [0.717, 1.165) is 28.9 Å². The van der Waals surface area contributed by atoms with Crippen LogP contribution in [0.25, 0.3) is 0 Å². The maximum absolute atomic E-state index is 6.21. The summed E-state index contributed by atoms with van der Waals surface area (Å²) < 4.78 is 10.6. The Morgan fingerprint density at radius 1 is 1.39 bits per heavy atom. The van der Waals surface area contributed by atoms with E-state index >= 15 is 0 Å². The third-order valence-electron chi connectivity index (χ3n) is 3.37. The maximum Gasteiger partial charge on any atom is 0.124 e. The summed E-state index contributed by atoms with van der Waals surface area (Å²) in [5.74, 6) is 1.58. The molecule has 0 aromatic heterocycles. The zero-order chi connectivity index (χ0) is 13.0. The van der Waals surface area contributed by atoms with Gasteiger partial charge in [0.05, 0.1) is 13.7 Å². The normalized spacial score (nSPS) is 16.6. The molecule has 0 aliphatic heterocycles. The van der Waals surface area contributed by atoms with E-state index in [2.05, 4.69) is 5.32 Å². The minimum atomic E-state index is 0.413. The van der Waals surface area contributed by atoms with E-state index < -0.39 is 0 Å². The zero-order valence-corrected chi connectivity index (χ0v) is 11.7. The predicted octanol–water partition coefficient (Wildman–Crippen LogP) is 2.86. The molecule has 1 aromatic carbocycles. The number of halogens is 1. The largest absolute Gasteiger partial charge is 0.496 e. The Bertz CT molecular complexity index is 393. The van der Waals surface area contributed by atoms with Crippen molar-refractivity contribution in [3.05, 3.63) is 28.8 Å². The number of nitrogens with one attached hydrogen (secondary N) is 1. The Balaban J connectivity index is 1.99. The van der Waals surface area contributed by atoms with Gasteiger partial charge in [0.15, 0.2) is 0 Å². The van der Waals surface area contributed by atoms with Gasteiger partial charge in [-0.05, 0) is 30.9 Å². The summed E-state index contributed by atoms with van der Waals surface area (Å²) in [7, 11) is 3.41. The smallest absolute Gasteiger partial charge is 0.124 e. The molecule has 100 valence electrons. The van der Waals surface area contributed by atoms with Crippen molar-refractivity contribution in [3.8, 4) is 5.75 Å². The van der Waals surface area contributed by atoms with Crippen LogP contribution in [0.1, 0.15) is 18.4 Å². The van der Waals surface area contributed by atoms with Crippen molar-refractivity contribution >= 4 is 11.6 Å². The first-order valence-electron chi connectivity index (χ1n) is 6.30. The summed E-state index contributed by atoms with van der Waals surface area (Å²) in [5, 5.41) is 4.27. The zero-order valence-electron chi connectivity index (χ0n) is 10.9. The number of hydrogen-bond donors (Lipinski definition) is 1. The Hall–Kier alpha value is -0.770. The van der Waals surface area contributed by atoms with Gasteiger partial charge in [-0.2, -0.15) is 0 Å². The molecule has 1 saturated carbocycles. The fraction of sp³-hybridized carbons (Fsp3) is 0.571. The third-order valence-corrected chi connectivity index (χ3v) is 3.73. The van der Waals surface area contributed by atoms with Gasteiger partial charge in [-0.3, -0.25) is 0 Å². The first kappa shape index (κ1) is 13.7. The molecule has 3 nitrogen and oxygen atoms in total. The van der Waals surface area contributed by atoms with Crippen molar-refractivity contribution in [2.75, 3.05) is 20.8 Å². The Labute approximate surface area is 113 Å². The fourth-order valence-electron chi connectivity index (χ4n) is 2.17. The van der Waals surface area contributed by atoms with Crippen molar-refractivity contribution < 1.29 is 9.47 Å². The van der Waals surface area contributed by atoms with Crippen LogP contribution in [0.3, 0.4) is 0 Å². The molecule has 4 heteroatoms. The minimum absolute atomic E-state index is 0.413. The fourth-order valence-corrected chi connectivity index (χ4v) is 2.41. The van der Waals surface area contributed by atoms with Crippen molar-refractivity contribution in [2.24, 2.45) is 5.92 Å². The summed E-state index contributed by atoms with van der Waals surface area (Å²) in [6.07, 6.45) is 2.58. The molecule has 0 saturated heterocycles. The molecule has 1 N–H and O–H groups in total. The molecule has 0 amide bonds. The number of benzene rings is 1. The first-order valence-corrected chi connectivity index (χ1v) is 6.67. The van der Waals surface area contributed by atoms with E-state index in [1.807, 2.05) is 18.2 Å². The van der Waals surface area contributed by atoms with Gasteiger partial charge < -0.3 is 14.8 Å². The average molecular weight is 270 g/mol. The van der Waals surface area contributed by atoms with Gasteiger partial charge >= 0.3 is 0 Å². The molecule has 0 spiro atoms. The van der Waals surface area contributed by atoms with Crippen LogP contribution in [0.5, 0.6) is 5.75 Å². The summed E-state index contributed by atoms with van der Waals surface area (Å²) in [6.45, 7) is 1.46. The van der Waals surface area contributed by atoms with Crippen LogP contribution in [0.4, 0.5) is 0 Å². The molecular weight excluding hydrogens is 250 g/mol. The topological polar surface area (TPSA) is 30.5 Å². The van der Waals surface area contributed by atoms with Crippen molar-refractivity contribution in [2.45, 2.75) is 25.4 Å². The van der Waals surface area contributed by atoms with Gasteiger partial charge in [0.25, 0.3) is 0 Å². The third kappa shape index (κ3) is 3.37. The lowest BCUT2D eigenvalue weighted by molar-refractivity contribution is 0.157. The van der Waals surface area contributed by atoms with Crippen LogP contribution in [0.2, 0.25) is 5.02 Å². The second-order valence-electron chi connectivity index (χ2n) is 4.70. The lowest BCUT2D eigenvalue weighted by Crippen LogP contribution is -2.34. The summed E-state index contributed by atoms with van der Waals surface area (Å²) in [4.78, 5) is 0. The number of hydrogen-bond acceptors (Lipinski definition) is 3. The van der Waals surface area contributed by atoms with Gasteiger partial charge in [0.1, 0.15) is 5.75 Å². The quantitative estimate of drug-likeness (QED) is 0.826. The van der Waals surface area contributed by atoms with Crippen LogP contribution in [0.15, 0.2) is 18.2 Å². The average Bonchev–Trinajstić information content (AvgIpc) is 3.19. The molecule has 1 fully saturated rings. The molecule has 1 unspecified atom stereocenters. The highest BCUT2D eigenvalue weighted by Crippen LogP contribution is 2.33.